The third-order valence-electron chi connectivity index (χ3n) is 3.84. The summed E-state index contributed by atoms with van der Waals surface area (Å²) in [4.78, 5) is 13.3. The van der Waals surface area contributed by atoms with Crippen molar-refractivity contribution >= 4 is 5.97 Å². The number of hydrogen-bond donors (Lipinski definition) is 2. The monoisotopic (exact) mass is 256 g/mol. The molecular formula is C14H28N2O2. The quantitative estimate of drug-likeness (QED) is 0.697. The predicted octanol–water partition coefficient (Wildman–Crippen LogP) is 1.95. The van der Waals surface area contributed by atoms with Gasteiger partial charge < -0.3 is 15.3 Å². The number of rotatable bonds is 8. The van der Waals surface area contributed by atoms with Crippen LogP contribution in [-0.4, -0.2) is 48.7 Å². The van der Waals surface area contributed by atoms with Gasteiger partial charge in [-0.2, -0.15) is 0 Å². The average molecular weight is 256 g/mol. The van der Waals surface area contributed by atoms with Crippen LogP contribution < -0.4 is 5.32 Å². The molecule has 1 unspecified atom stereocenters. The lowest BCUT2D eigenvalue weighted by Crippen LogP contribution is -2.40. The molecule has 0 saturated heterocycles. The van der Waals surface area contributed by atoms with Crippen LogP contribution in [0.5, 0.6) is 0 Å². The van der Waals surface area contributed by atoms with E-state index in [0.717, 1.165) is 19.0 Å². The van der Waals surface area contributed by atoms with E-state index in [2.05, 4.69) is 17.3 Å². The minimum Gasteiger partial charge on any atom is -0.480 e. The van der Waals surface area contributed by atoms with Gasteiger partial charge in [0.05, 0.1) is 0 Å². The van der Waals surface area contributed by atoms with Gasteiger partial charge in [0.15, 0.2) is 0 Å². The average Bonchev–Trinajstić information content (AvgIpc) is 2.35. The molecule has 0 heterocycles. The van der Waals surface area contributed by atoms with Crippen molar-refractivity contribution in [2.75, 3.05) is 26.7 Å². The van der Waals surface area contributed by atoms with Crippen molar-refractivity contribution in [3.8, 4) is 0 Å². The summed E-state index contributed by atoms with van der Waals surface area (Å²) in [6.45, 7) is 4.64. The topological polar surface area (TPSA) is 52.6 Å². The van der Waals surface area contributed by atoms with Crippen LogP contribution in [0.25, 0.3) is 0 Å². The van der Waals surface area contributed by atoms with Crippen LogP contribution >= 0.6 is 0 Å². The van der Waals surface area contributed by atoms with E-state index >= 15 is 0 Å². The summed E-state index contributed by atoms with van der Waals surface area (Å²) in [6.07, 6.45) is 7.51. The van der Waals surface area contributed by atoms with Crippen LogP contribution in [0.1, 0.15) is 45.4 Å². The van der Waals surface area contributed by atoms with Gasteiger partial charge in [-0.3, -0.25) is 4.79 Å². The second-order valence-corrected chi connectivity index (χ2v) is 5.50. The van der Waals surface area contributed by atoms with E-state index in [9.17, 15) is 4.79 Å². The number of nitrogens with zero attached hydrogens (tertiary/aromatic N) is 1. The molecule has 4 nitrogen and oxygen atoms in total. The van der Waals surface area contributed by atoms with Crippen LogP contribution in [0.15, 0.2) is 0 Å². The standard InChI is InChI=1S/C14H28N2O2/c1-3-15-13(14(17)18)9-10-16(2)11-12-7-5-4-6-8-12/h12-13,15H,3-11H2,1-2H3,(H,17,18). The molecule has 2 N–H and O–H groups in total. The van der Waals surface area contributed by atoms with Crippen molar-refractivity contribution < 1.29 is 9.90 Å². The Morgan fingerprint density at radius 1 is 1.39 bits per heavy atom. The molecule has 106 valence electrons. The van der Waals surface area contributed by atoms with E-state index < -0.39 is 12.0 Å². The SMILES string of the molecule is CCNC(CCN(C)CC1CCCCC1)C(=O)O. The summed E-state index contributed by atoms with van der Waals surface area (Å²) in [5, 5.41) is 12.1. The van der Waals surface area contributed by atoms with Crippen LogP contribution in [0, 0.1) is 5.92 Å². The van der Waals surface area contributed by atoms with Crippen molar-refractivity contribution in [2.45, 2.75) is 51.5 Å². The van der Waals surface area contributed by atoms with Crippen molar-refractivity contribution in [1.82, 2.24) is 10.2 Å². The Balaban J connectivity index is 2.21. The molecule has 1 atom stereocenters. The van der Waals surface area contributed by atoms with E-state index in [4.69, 9.17) is 5.11 Å². The van der Waals surface area contributed by atoms with Gasteiger partial charge in [0, 0.05) is 6.54 Å². The van der Waals surface area contributed by atoms with E-state index in [0.29, 0.717) is 13.0 Å². The molecule has 1 saturated carbocycles. The normalized spacial score (nSPS) is 19.1. The number of carbonyl (C=O) groups is 1. The van der Waals surface area contributed by atoms with Gasteiger partial charge in [-0.05, 0) is 45.3 Å². The molecular weight excluding hydrogens is 228 g/mol. The van der Waals surface area contributed by atoms with Crippen molar-refractivity contribution in [1.29, 1.82) is 0 Å². The van der Waals surface area contributed by atoms with Gasteiger partial charge in [0.2, 0.25) is 0 Å². The minimum absolute atomic E-state index is 0.399. The Labute approximate surface area is 111 Å². The van der Waals surface area contributed by atoms with Crippen molar-refractivity contribution in [2.24, 2.45) is 5.92 Å². The zero-order chi connectivity index (χ0) is 13.4. The maximum Gasteiger partial charge on any atom is 0.320 e. The number of aliphatic carboxylic acids is 1. The summed E-state index contributed by atoms with van der Waals surface area (Å²) >= 11 is 0. The third kappa shape index (κ3) is 5.83. The smallest absolute Gasteiger partial charge is 0.320 e. The molecule has 0 aliphatic heterocycles. The molecule has 1 aliphatic carbocycles. The molecule has 1 fully saturated rings. The van der Waals surface area contributed by atoms with Crippen molar-refractivity contribution in [3.63, 3.8) is 0 Å². The van der Waals surface area contributed by atoms with Crippen LogP contribution in [0.3, 0.4) is 0 Å². The first-order valence-corrected chi connectivity index (χ1v) is 7.28. The molecule has 1 aliphatic rings. The van der Waals surface area contributed by atoms with Gasteiger partial charge >= 0.3 is 5.97 Å². The Morgan fingerprint density at radius 3 is 2.61 bits per heavy atom. The van der Waals surface area contributed by atoms with Gasteiger partial charge in [-0.15, -0.1) is 0 Å². The summed E-state index contributed by atoms with van der Waals surface area (Å²) in [5.74, 6) is 0.0917. The molecule has 4 heteroatoms. The maximum atomic E-state index is 11.0. The molecule has 0 aromatic carbocycles. The summed E-state index contributed by atoms with van der Waals surface area (Å²) in [5.41, 5.74) is 0. The molecule has 0 bridgehead atoms. The molecule has 18 heavy (non-hydrogen) atoms. The first-order valence-electron chi connectivity index (χ1n) is 7.28. The summed E-state index contributed by atoms with van der Waals surface area (Å²) < 4.78 is 0. The van der Waals surface area contributed by atoms with E-state index in [1.54, 1.807) is 0 Å². The Morgan fingerprint density at radius 2 is 2.06 bits per heavy atom. The lowest BCUT2D eigenvalue weighted by molar-refractivity contribution is -0.139. The molecule has 1 rings (SSSR count). The Hall–Kier alpha value is -0.610. The second-order valence-electron chi connectivity index (χ2n) is 5.50. The highest BCUT2D eigenvalue weighted by Gasteiger charge is 2.18. The van der Waals surface area contributed by atoms with Gasteiger partial charge in [0.25, 0.3) is 0 Å². The number of hydrogen-bond acceptors (Lipinski definition) is 3. The van der Waals surface area contributed by atoms with E-state index in [-0.39, 0.29) is 0 Å². The van der Waals surface area contributed by atoms with Crippen LogP contribution in [0.2, 0.25) is 0 Å². The predicted molar refractivity (Wildman–Crippen MR) is 73.8 cm³/mol. The number of nitrogens with one attached hydrogen (secondary N) is 1. The maximum absolute atomic E-state index is 11.0. The molecule has 0 amide bonds. The highest BCUT2D eigenvalue weighted by atomic mass is 16.4. The lowest BCUT2D eigenvalue weighted by Gasteiger charge is -2.27. The zero-order valence-corrected chi connectivity index (χ0v) is 11.8. The number of likely N-dealkylation sites (N-methyl/N-ethyl adjacent to an activating group) is 1. The highest BCUT2D eigenvalue weighted by molar-refractivity contribution is 5.73. The van der Waals surface area contributed by atoms with Crippen LogP contribution in [-0.2, 0) is 4.79 Å². The summed E-state index contributed by atoms with van der Waals surface area (Å²) in [7, 11) is 2.11. The third-order valence-corrected chi connectivity index (χ3v) is 3.84. The first kappa shape index (κ1) is 15.4. The summed E-state index contributed by atoms with van der Waals surface area (Å²) in [6, 6.07) is -0.399. The number of carboxylic acids is 1. The molecule has 0 aromatic rings. The molecule has 0 aromatic heterocycles. The molecule has 0 radical (unpaired) electrons. The molecule has 0 spiro atoms. The van der Waals surface area contributed by atoms with Gasteiger partial charge in [0.1, 0.15) is 6.04 Å². The first-order chi connectivity index (χ1) is 8.63. The van der Waals surface area contributed by atoms with Gasteiger partial charge in [-0.25, -0.2) is 0 Å². The fourth-order valence-electron chi connectivity index (χ4n) is 2.81. The van der Waals surface area contributed by atoms with E-state index in [1.165, 1.54) is 32.1 Å². The number of carboxylic acid groups (broad SMARTS) is 1. The largest absolute Gasteiger partial charge is 0.480 e. The van der Waals surface area contributed by atoms with Gasteiger partial charge in [-0.1, -0.05) is 26.2 Å². The van der Waals surface area contributed by atoms with Crippen molar-refractivity contribution in [3.05, 3.63) is 0 Å². The fraction of sp³-hybridized carbons (Fsp3) is 0.929. The highest BCUT2D eigenvalue weighted by Crippen LogP contribution is 2.24. The van der Waals surface area contributed by atoms with Crippen LogP contribution in [0.4, 0.5) is 0 Å². The Kier molecular flexibility index (Phi) is 7.28. The van der Waals surface area contributed by atoms with E-state index in [1.807, 2.05) is 6.92 Å². The minimum atomic E-state index is -0.733. The Bertz CT molecular complexity index is 240. The zero-order valence-electron chi connectivity index (χ0n) is 11.8. The second kappa shape index (κ2) is 8.48. The lowest BCUT2D eigenvalue weighted by atomic mass is 9.89. The fourth-order valence-corrected chi connectivity index (χ4v) is 2.81.